The van der Waals surface area contributed by atoms with Crippen molar-refractivity contribution in [3.05, 3.63) is 0 Å². The van der Waals surface area contributed by atoms with Crippen LogP contribution in [-0.2, 0) is 28.8 Å². The Morgan fingerprint density at radius 1 is 0.705 bits per heavy atom. The first-order valence-electron chi connectivity index (χ1n) is 14.9. The summed E-state index contributed by atoms with van der Waals surface area (Å²) in [5.74, 6) is -6.20. The van der Waals surface area contributed by atoms with Gasteiger partial charge in [0, 0.05) is 6.54 Å². The van der Waals surface area contributed by atoms with Crippen LogP contribution < -0.4 is 38.5 Å². The molecule has 0 spiro atoms. The molecule has 0 aliphatic rings. The summed E-state index contributed by atoms with van der Waals surface area (Å²) in [5.41, 5.74) is 16.8. The second-order valence-electron chi connectivity index (χ2n) is 11.8. The van der Waals surface area contributed by atoms with Crippen LogP contribution in [0.1, 0.15) is 80.1 Å². The van der Waals surface area contributed by atoms with Gasteiger partial charge in [-0.3, -0.25) is 29.0 Å². The minimum atomic E-state index is -1.72. The second-order valence-corrected chi connectivity index (χ2v) is 11.8. The third-order valence-corrected chi connectivity index (χ3v) is 6.81. The third kappa shape index (κ3) is 16.0. The lowest BCUT2D eigenvalue weighted by molar-refractivity contribution is -0.147. The number of carbonyl (C=O) groups excluding carboxylic acids is 4. The molecule has 0 aliphatic carbocycles. The van der Waals surface area contributed by atoms with Gasteiger partial charge in [-0.15, -0.1) is 0 Å². The number of carbonyl (C=O) groups is 6. The van der Waals surface area contributed by atoms with Crippen LogP contribution in [-0.4, -0.2) is 88.5 Å². The average molecular weight is 629 g/mol. The fraction of sp³-hybridized carbons (Fsp3) is 0.750. The quantitative estimate of drug-likeness (QED) is 0.0422. The monoisotopic (exact) mass is 628 g/mol. The topological polar surface area (TPSA) is 281 Å². The largest absolute Gasteiger partial charge is 0.481 e. The first-order chi connectivity index (χ1) is 20.4. The van der Waals surface area contributed by atoms with E-state index in [4.69, 9.17) is 22.3 Å². The highest BCUT2D eigenvalue weighted by Crippen LogP contribution is 2.11. The van der Waals surface area contributed by atoms with Crippen molar-refractivity contribution in [3.8, 4) is 0 Å². The molecule has 0 fully saturated rings. The standard InChI is InChI=1S/C28H52N8O8/c1-7-16(6)22(29)26(42)35-19(12-15(4)5)24(40)33-17(9-8-10-32-28(30)31)23(39)34-18(11-14(2)3)25(41)36-20(27(43)44)13-21(37)38/h14-20,22H,7-13,29H2,1-6H3,(H,33,40)(H,34,39)(H,35,42)(H,36,41)(H,37,38)(H,43,44)(H4,30,31,32)/t16-,17-,18-,19-,20-,22-/m0/s1. The number of nitrogens with one attached hydrogen (secondary N) is 4. The van der Waals surface area contributed by atoms with E-state index in [9.17, 15) is 33.9 Å². The Morgan fingerprint density at radius 3 is 1.55 bits per heavy atom. The van der Waals surface area contributed by atoms with Gasteiger partial charge in [-0.2, -0.15) is 0 Å². The Bertz CT molecular complexity index is 1020. The van der Waals surface area contributed by atoms with Gasteiger partial charge in [0.2, 0.25) is 23.6 Å². The lowest BCUT2D eigenvalue weighted by atomic mass is 9.97. The smallest absolute Gasteiger partial charge is 0.326 e. The number of amides is 4. The van der Waals surface area contributed by atoms with Crippen LogP contribution in [0.25, 0.3) is 0 Å². The van der Waals surface area contributed by atoms with Gasteiger partial charge in [-0.1, -0.05) is 48.0 Å². The van der Waals surface area contributed by atoms with E-state index in [2.05, 4.69) is 26.3 Å². The molecule has 0 radical (unpaired) electrons. The normalized spacial score (nSPS) is 15.2. The summed E-state index contributed by atoms with van der Waals surface area (Å²) in [4.78, 5) is 79.2. The predicted molar refractivity (Wildman–Crippen MR) is 164 cm³/mol. The molecule has 0 aromatic carbocycles. The van der Waals surface area contributed by atoms with Crippen LogP contribution in [0.3, 0.4) is 0 Å². The predicted octanol–water partition coefficient (Wildman–Crippen LogP) is -0.996. The molecule has 0 saturated heterocycles. The summed E-state index contributed by atoms with van der Waals surface area (Å²) in [5, 5.41) is 28.4. The van der Waals surface area contributed by atoms with Crippen LogP contribution in [0, 0.1) is 17.8 Å². The number of hydrogen-bond donors (Lipinski definition) is 9. The number of carboxylic acids is 2. The molecule has 12 N–H and O–H groups in total. The zero-order valence-corrected chi connectivity index (χ0v) is 26.6. The van der Waals surface area contributed by atoms with E-state index in [1.54, 1.807) is 13.8 Å². The highest BCUT2D eigenvalue weighted by molar-refractivity contribution is 5.95. The Balaban J connectivity index is 6.09. The van der Waals surface area contributed by atoms with Crippen molar-refractivity contribution in [2.24, 2.45) is 39.9 Å². The van der Waals surface area contributed by atoms with Crippen LogP contribution in [0.2, 0.25) is 0 Å². The number of carboxylic acid groups (broad SMARTS) is 2. The number of rotatable bonds is 21. The van der Waals surface area contributed by atoms with Crippen LogP contribution in [0.5, 0.6) is 0 Å². The summed E-state index contributed by atoms with van der Waals surface area (Å²) in [6, 6.07) is -6.00. The molecule has 0 saturated carbocycles. The molecule has 44 heavy (non-hydrogen) atoms. The highest BCUT2D eigenvalue weighted by atomic mass is 16.4. The van der Waals surface area contributed by atoms with Crippen molar-refractivity contribution in [2.75, 3.05) is 6.54 Å². The molecule has 0 aromatic heterocycles. The molecular weight excluding hydrogens is 576 g/mol. The summed E-state index contributed by atoms with van der Waals surface area (Å²) < 4.78 is 0. The summed E-state index contributed by atoms with van der Waals surface area (Å²) in [6.07, 6.45) is 0.447. The summed E-state index contributed by atoms with van der Waals surface area (Å²) >= 11 is 0. The van der Waals surface area contributed by atoms with Gasteiger partial charge in [-0.05, 0) is 43.4 Å². The van der Waals surface area contributed by atoms with Crippen molar-refractivity contribution in [2.45, 2.75) is 110 Å². The Labute approximate surface area is 258 Å². The van der Waals surface area contributed by atoms with E-state index >= 15 is 0 Å². The molecule has 0 aromatic rings. The Hall–Kier alpha value is -3.95. The number of aliphatic carboxylic acids is 2. The van der Waals surface area contributed by atoms with E-state index < -0.39 is 72.2 Å². The number of aliphatic imine (C=N–C) groups is 1. The first kappa shape index (κ1) is 40.1. The van der Waals surface area contributed by atoms with Crippen molar-refractivity contribution in [3.63, 3.8) is 0 Å². The minimum Gasteiger partial charge on any atom is -0.481 e. The van der Waals surface area contributed by atoms with Gasteiger partial charge in [-0.25, -0.2) is 4.79 Å². The van der Waals surface area contributed by atoms with E-state index in [0.717, 1.165) is 0 Å². The lowest BCUT2D eigenvalue weighted by Crippen LogP contribution is -2.59. The van der Waals surface area contributed by atoms with Gasteiger partial charge in [0.25, 0.3) is 0 Å². The van der Waals surface area contributed by atoms with Crippen molar-refractivity contribution in [1.82, 2.24) is 21.3 Å². The van der Waals surface area contributed by atoms with E-state index in [1.807, 2.05) is 27.7 Å². The molecule has 0 aliphatic heterocycles. The molecular formula is C28H52N8O8. The van der Waals surface area contributed by atoms with Gasteiger partial charge in [0.1, 0.15) is 24.2 Å². The zero-order chi connectivity index (χ0) is 34.1. The fourth-order valence-corrected chi connectivity index (χ4v) is 4.15. The number of nitrogens with two attached hydrogens (primary N) is 3. The van der Waals surface area contributed by atoms with Gasteiger partial charge < -0.3 is 48.7 Å². The summed E-state index contributed by atoms with van der Waals surface area (Å²) in [6.45, 7) is 11.1. The maximum absolute atomic E-state index is 13.5. The number of guanidine groups is 1. The highest BCUT2D eigenvalue weighted by Gasteiger charge is 2.33. The fourth-order valence-electron chi connectivity index (χ4n) is 4.15. The van der Waals surface area contributed by atoms with Crippen molar-refractivity contribution >= 4 is 41.5 Å². The van der Waals surface area contributed by atoms with E-state index in [-0.39, 0.29) is 55.9 Å². The maximum atomic E-state index is 13.5. The van der Waals surface area contributed by atoms with Crippen LogP contribution >= 0.6 is 0 Å². The van der Waals surface area contributed by atoms with Crippen molar-refractivity contribution in [1.29, 1.82) is 0 Å². The van der Waals surface area contributed by atoms with E-state index in [0.29, 0.717) is 6.42 Å². The van der Waals surface area contributed by atoms with E-state index in [1.165, 1.54) is 0 Å². The maximum Gasteiger partial charge on any atom is 0.326 e. The van der Waals surface area contributed by atoms with Crippen LogP contribution in [0.4, 0.5) is 0 Å². The Kier molecular flexibility index (Phi) is 18.3. The number of hydrogen-bond acceptors (Lipinski definition) is 8. The average Bonchev–Trinajstić information content (AvgIpc) is 2.91. The lowest BCUT2D eigenvalue weighted by Gasteiger charge is -2.28. The van der Waals surface area contributed by atoms with Crippen molar-refractivity contribution < 1.29 is 39.0 Å². The number of nitrogens with zero attached hydrogens (tertiary/aromatic N) is 1. The molecule has 0 bridgehead atoms. The molecule has 16 heteroatoms. The zero-order valence-electron chi connectivity index (χ0n) is 26.6. The summed E-state index contributed by atoms with van der Waals surface area (Å²) in [7, 11) is 0. The van der Waals surface area contributed by atoms with Gasteiger partial charge in [0.15, 0.2) is 5.96 Å². The molecule has 0 rings (SSSR count). The molecule has 0 unspecified atom stereocenters. The molecule has 252 valence electrons. The van der Waals surface area contributed by atoms with Gasteiger partial charge >= 0.3 is 11.9 Å². The first-order valence-corrected chi connectivity index (χ1v) is 14.9. The minimum absolute atomic E-state index is 0.00730. The molecule has 16 nitrogen and oxygen atoms in total. The SMILES string of the molecule is CC[C@H](C)[C@H](N)C(=O)N[C@@H](CC(C)C)C(=O)N[C@@H](CCCN=C(N)N)C(=O)N[C@@H](CC(C)C)C(=O)N[C@@H](CC(=O)O)C(=O)O. The Morgan fingerprint density at radius 2 is 1.14 bits per heavy atom. The molecule has 4 amide bonds. The van der Waals surface area contributed by atoms with Crippen LogP contribution in [0.15, 0.2) is 4.99 Å². The molecule has 0 heterocycles. The van der Waals surface area contributed by atoms with Gasteiger partial charge in [0.05, 0.1) is 12.5 Å². The second kappa shape index (κ2) is 20.1. The molecule has 6 atom stereocenters. The third-order valence-electron chi connectivity index (χ3n) is 6.81.